The van der Waals surface area contributed by atoms with Gasteiger partial charge in [0.25, 0.3) is 0 Å². The summed E-state index contributed by atoms with van der Waals surface area (Å²) in [5.74, 6) is 0.0865. The molecule has 1 aliphatic heterocycles. The van der Waals surface area contributed by atoms with E-state index in [1.54, 1.807) is 0 Å². The Morgan fingerprint density at radius 2 is 2.11 bits per heavy atom. The van der Waals surface area contributed by atoms with Crippen molar-refractivity contribution in [2.75, 3.05) is 36.9 Å². The van der Waals surface area contributed by atoms with Gasteiger partial charge in [-0.1, -0.05) is 0 Å². The molecule has 1 aromatic heterocycles. The SMILES string of the molecule is CC(CN1CCCC1)Nc1snc(N)c1S(C)(=O)=O. The summed E-state index contributed by atoms with van der Waals surface area (Å²) < 4.78 is 27.3. The Balaban J connectivity index is 2.06. The predicted molar refractivity (Wildman–Crippen MR) is 78.4 cm³/mol. The molecule has 108 valence electrons. The molecule has 0 saturated carbocycles. The number of rotatable bonds is 5. The normalized spacial score (nSPS) is 18.6. The van der Waals surface area contributed by atoms with Crippen molar-refractivity contribution < 1.29 is 8.42 Å². The van der Waals surface area contributed by atoms with E-state index in [1.807, 2.05) is 6.92 Å². The minimum absolute atomic E-state index is 0.0865. The summed E-state index contributed by atoms with van der Waals surface area (Å²) in [5.41, 5.74) is 5.64. The molecule has 0 amide bonds. The second-order valence-electron chi connectivity index (χ2n) is 5.05. The number of nitrogen functional groups attached to an aromatic ring is 1. The highest BCUT2D eigenvalue weighted by atomic mass is 32.2. The highest BCUT2D eigenvalue weighted by Gasteiger charge is 2.23. The molecule has 1 saturated heterocycles. The van der Waals surface area contributed by atoms with Gasteiger partial charge in [-0.05, 0) is 44.4 Å². The van der Waals surface area contributed by atoms with Crippen LogP contribution in [0.1, 0.15) is 19.8 Å². The maximum atomic E-state index is 11.7. The molecule has 2 rings (SSSR count). The largest absolute Gasteiger partial charge is 0.382 e. The van der Waals surface area contributed by atoms with E-state index < -0.39 is 9.84 Å². The van der Waals surface area contributed by atoms with Gasteiger partial charge in [0.2, 0.25) is 0 Å². The van der Waals surface area contributed by atoms with Crippen LogP contribution >= 0.6 is 11.5 Å². The van der Waals surface area contributed by atoms with Crippen LogP contribution in [0.2, 0.25) is 0 Å². The van der Waals surface area contributed by atoms with Crippen LogP contribution in [0.15, 0.2) is 4.90 Å². The Labute approximate surface area is 118 Å². The summed E-state index contributed by atoms with van der Waals surface area (Å²) in [4.78, 5) is 2.51. The molecule has 1 unspecified atom stereocenters. The molecule has 1 aromatic rings. The number of nitrogens with two attached hydrogens (primary N) is 1. The fourth-order valence-electron chi connectivity index (χ4n) is 2.37. The van der Waals surface area contributed by atoms with E-state index in [4.69, 9.17) is 5.73 Å². The number of hydrogen-bond acceptors (Lipinski definition) is 7. The number of nitrogens with one attached hydrogen (secondary N) is 1. The summed E-state index contributed by atoms with van der Waals surface area (Å²) in [6.07, 6.45) is 3.65. The van der Waals surface area contributed by atoms with Crippen LogP contribution in [-0.4, -0.2) is 49.6 Å². The molecule has 1 atom stereocenters. The molecule has 8 heteroatoms. The maximum Gasteiger partial charge on any atom is 0.182 e. The molecule has 6 nitrogen and oxygen atoms in total. The van der Waals surface area contributed by atoms with Gasteiger partial charge in [0.15, 0.2) is 15.7 Å². The third-order valence-corrected chi connectivity index (χ3v) is 5.23. The first kappa shape index (κ1) is 14.5. The van der Waals surface area contributed by atoms with Crippen LogP contribution < -0.4 is 11.1 Å². The van der Waals surface area contributed by atoms with Crippen molar-refractivity contribution in [3.63, 3.8) is 0 Å². The molecular weight excluding hydrogens is 284 g/mol. The van der Waals surface area contributed by atoms with Crippen molar-refractivity contribution in [3.8, 4) is 0 Å². The molecule has 0 aliphatic carbocycles. The number of sulfone groups is 1. The van der Waals surface area contributed by atoms with Crippen LogP contribution in [-0.2, 0) is 9.84 Å². The van der Waals surface area contributed by atoms with E-state index in [1.165, 1.54) is 12.8 Å². The Morgan fingerprint density at radius 3 is 2.68 bits per heavy atom. The number of hydrogen-bond donors (Lipinski definition) is 2. The Bertz CT molecular complexity index is 535. The molecule has 1 aliphatic rings. The van der Waals surface area contributed by atoms with Crippen LogP contribution in [0.3, 0.4) is 0 Å². The van der Waals surface area contributed by atoms with Gasteiger partial charge in [-0.2, -0.15) is 4.37 Å². The van der Waals surface area contributed by atoms with Gasteiger partial charge in [-0.25, -0.2) is 8.42 Å². The van der Waals surface area contributed by atoms with Crippen molar-refractivity contribution in [1.29, 1.82) is 0 Å². The number of likely N-dealkylation sites (tertiary alicyclic amines) is 1. The molecule has 3 N–H and O–H groups in total. The van der Waals surface area contributed by atoms with Gasteiger partial charge in [0, 0.05) is 18.8 Å². The first-order valence-electron chi connectivity index (χ1n) is 6.32. The zero-order chi connectivity index (χ0) is 14.0. The quantitative estimate of drug-likeness (QED) is 0.844. The second kappa shape index (κ2) is 5.64. The highest BCUT2D eigenvalue weighted by molar-refractivity contribution is 7.91. The van der Waals surface area contributed by atoms with E-state index in [-0.39, 0.29) is 16.8 Å². The number of aromatic nitrogens is 1. The van der Waals surface area contributed by atoms with Crippen molar-refractivity contribution >= 4 is 32.2 Å². The Hall–Kier alpha value is -0.860. The van der Waals surface area contributed by atoms with Crippen LogP contribution in [0.25, 0.3) is 0 Å². The minimum atomic E-state index is -3.35. The smallest absolute Gasteiger partial charge is 0.182 e. The molecular formula is C11H20N4O2S2. The van der Waals surface area contributed by atoms with E-state index >= 15 is 0 Å². The first-order valence-corrected chi connectivity index (χ1v) is 8.98. The number of nitrogens with zero attached hydrogens (tertiary/aromatic N) is 2. The summed E-state index contributed by atoms with van der Waals surface area (Å²) in [5, 5.41) is 3.77. The van der Waals surface area contributed by atoms with E-state index in [2.05, 4.69) is 14.6 Å². The van der Waals surface area contributed by atoms with Crippen molar-refractivity contribution in [1.82, 2.24) is 9.27 Å². The molecule has 19 heavy (non-hydrogen) atoms. The summed E-state index contributed by atoms with van der Waals surface area (Å²) in [6.45, 7) is 5.19. The average molecular weight is 304 g/mol. The van der Waals surface area contributed by atoms with E-state index in [0.29, 0.717) is 5.00 Å². The summed E-state index contributed by atoms with van der Waals surface area (Å²) in [6, 6.07) is 0.165. The van der Waals surface area contributed by atoms with Gasteiger partial charge in [0.05, 0.1) is 0 Å². The van der Waals surface area contributed by atoms with E-state index in [0.717, 1.165) is 37.4 Å². The number of anilines is 2. The maximum absolute atomic E-state index is 11.7. The zero-order valence-electron chi connectivity index (χ0n) is 11.2. The third-order valence-electron chi connectivity index (χ3n) is 3.15. The second-order valence-corrected chi connectivity index (χ2v) is 7.78. The lowest BCUT2D eigenvalue weighted by Gasteiger charge is -2.21. The molecule has 0 spiro atoms. The molecule has 1 fully saturated rings. The fourth-order valence-corrected chi connectivity index (χ4v) is 4.53. The predicted octanol–water partition coefficient (Wildman–Crippen LogP) is 1.03. The third kappa shape index (κ3) is 3.58. The molecule has 0 aromatic carbocycles. The van der Waals surface area contributed by atoms with Crippen molar-refractivity contribution in [3.05, 3.63) is 0 Å². The topological polar surface area (TPSA) is 88.3 Å². The average Bonchev–Trinajstić information content (AvgIpc) is 2.87. The Morgan fingerprint density at radius 1 is 1.47 bits per heavy atom. The van der Waals surface area contributed by atoms with Crippen molar-refractivity contribution in [2.45, 2.75) is 30.7 Å². The van der Waals surface area contributed by atoms with Crippen LogP contribution in [0, 0.1) is 0 Å². The molecule has 0 bridgehead atoms. The molecule has 0 radical (unpaired) electrons. The molecule has 2 heterocycles. The summed E-state index contributed by atoms with van der Waals surface area (Å²) in [7, 11) is -3.35. The first-order chi connectivity index (χ1) is 8.88. The van der Waals surface area contributed by atoms with Gasteiger partial charge < -0.3 is 16.0 Å². The highest BCUT2D eigenvalue weighted by Crippen LogP contribution is 2.31. The Kier molecular flexibility index (Phi) is 4.32. The zero-order valence-corrected chi connectivity index (χ0v) is 12.9. The lowest BCUT2D eigenvalue weighted by Crippen LogP contribution is -2.33. The van der Waals surface area contributed by atoms with E-state index in [9.17, 15) is 8.42 Å². The lowest BCUT2D eigenvalue weighted by atomic mass is 10.3. The summed E-state index contributed by atoms with van der Waals surface area (Å²) >= 11 is 1.11. The van der Waals surface area contributed by atoms with Gasteiger partial charge in [-0.15, -0.1) is 0 Å². The minimum Gasteiger partial charge on any atom is -0.382 e. The van der Waals surface area contributed by atoms with Crippen LogP contribution in [0.5, 0.6) is 0 Å². The standard InChI is InChI=1S/C11H20N4O2S2/c1-8(7-15-5-3-4-6-15)13-11-9(19(2,16)17)10(12)14-18-11/h8,13H,3-7H2,1-2H3,(H2,12,14). The van der Waals surface area contributed by atoms with Gasteiger partial charge in [0.1, 0.15) is 9.90 Å². The fraction of sp³-hybridized carbons (Fsp3) is 0.727. The van der Waals surface area contributed by atoms with Crippen molar-refractivity contribution in [2.24, 2.45) is 0 Å². The monoisotopic (exact) mass is 304 g/mol. The van der Waals surface area contributed by atoms with Crippen LogP contribution in [0.4, 0.5) is 10.8 Å². The van der Waals surface area contributed by atoms with Gasteiger partial charge in [-0.3, -0.25) is 0 Å². The van der Waals surface area contributed by atoms with Gasteiger partial charge >= 0.3 is 0 Å². The lowest BCUT2D eigenvalue weighted by molar-refractivity contribution is 0.328.